The standard InChI is InChI=1S/C15H20N2O2S2/c1-11-4-7-15(8-13(11)9-16-3)21(18,19)17-10-14-6-5-12(2)20-14/h4-8,16-17H,9-10H2,1-3H3. The van der Waals surface area contributed by atoms with Crippen molar-refractivity contribution in [3.8, 4) is 0 Å². The molecular weight excluding hydrogens is 304 g/mol. The van der Waals surface area contributed by atoms with Crippen LogP contribution in [0.1, 0.15) is 20.9 Å². The minimum atomic E-state index is -3.48. The van der Waals surface area contributed by atoms with Crippen LogP contribution >= 0.6 is 11.3 Å². The summed E-state index contributed by atoms with van der Waals surface area (Å²) in [5.41, 5.74) is 2.07. The Bertz CT molecular complexity index is 721. The zero-order valence-corrected chi connectivity index (χ0v) is 14.1. The van der Waals surface area contributed by atoms with Crippen LogP contribution in [0.5, 0.6) is 0 Å². The smallest absolute Gasteiger partial charge is 0.240 e. The van der Waals surface area contributed by atoms with Crippen molar-refractivity contribution in [1.82, 2.24) is 10.0 Å². The first-order chi connectivity index (χ1) is 9.92. The number of hydrogen-bond acceptors (Lipinski definition) is 4. The van der Waals surface area contributed by atoms with Gasteiger partial charge in [-0.3, -0.25) is 0 Å². The van der Waals surface area contributed by atoms with Crippen LogP contribution in [-0.2, 0) is 23.1 Å². The molecule has 1 aromatic heterocycles. The molecule has 0 spiro atoms. The number of rotatable bonds is 6. The SMILES string of the molecule is CNCc1cc(S(=O)(=O)NCc2ccc(C)s2)ccc1C. The van der Waals surface area contributed by atoms with E-state index in [4.69, 9.17) is 0 Å². The van der Waals surface area contributed by atoms with Gasteiger partial charge >= 0.3 is 0 Å². The monoisotopic (exact) mass is 324 g/mol. The van der Waals surface area contributed by atoms with E-state index in [-0.39, 0.29) is 0 Å². The van der Waals surface area contributed by atoms with Crippen LogP contribution in [-0.4, -0.2) is 15.5 Å². The van der Waals surface area contributed by atoms with E-state index in [1.54, 1.807) is 23.5 Å². The van der Waals surface area contributed by atoms with Gasteiger partial charge in [0, 0.05) is 22.8 Å². The molecule has 0 amide bonds. The molecule has 0 aliphatic rings. The molecule has 0 fully saturated rings. The van der Waals surface area contributed by atoms with Crippen molar-refractivity contribution in [3.63, 3.8) is 0 Å². The molecule has 4 nitrogen and oxygen atoms in total. The predicted octanol–water partition coefficient (Wildman–Crippen LogP) is 2.56. The highest BCUT2D eigenvalue weighted by atomic mass is 32.2. The second kappa shape index (κ2) is 6.70. The van der Waals surface area contributed by atoms with Crippen LogP contribution in [0, 0.1) is 13.8 Å². The molecule has 0 radical (unpaired) electrons. The van der Waals surface area contributed by atoms with E-state index in [0.717, 1.165) is 16.0 Å². The Balaban J connectivity index is 2.17. The van der Waals surface area contributed by atoms with Crippen molar-refractivity contribution < 1.29 is 8.42 Å². The summed E-state index contributed by atoms with van der Waals surface area (Å²) in [5.74, 6) is 0. The number of benzene rings is 1. The fraction of sp³-hybridized carbons (Fsp3) is 0.333. The lowest BCUT2D eigenvalue weighted by atomic mass is 10.1. The van der Waals surface area contributed by atoms with Gasteiger partial charge in [0.25, 0.3) is 0 Å². The highest BCUT2D eigenvalue weighted by Crippen LogP contribution is 2.18. The Labute approximate surface area is 130 Å². The van der Waals surface area contributed by atoms with Gasteiger partial charge in [-0.25, -0.2) is 13.1 Å². The average molecular weight is 324 g/mol. The first kappa shape index (κ1) is 16.2. The lowest BCUT2D eigenvalue weighted by Gasteiger charge is -2.10. The quantitative estimate of drug-likeness (QED) is 0.858. The zero-order chi connectivity index (χ0) is 15.5. The molecular formula is C15H20N2O2S2. The topological polar surface area (TPSA) is 58.2 Å². The second-order valence-corrected chi connectivity index (χ2v) is 8.09. The first-order valence-electron chi connectivity index (χ1n) is 6.71. The van der Waals surface area contributed by atoms with Crippen LogP contribution in [0.15, 0.2) is 35.2 Å². The molecule has 2 rings (SSSR count). The molecule has 2 N–H and O–H groups in total. The summed E-state index contributed by atoms with van der Waals surface area (Å²) in [7, 11) is -1.63. The van der Waals surface area contributed by atoms with Crippen LogP contribution in [0.25, 0.3) is 0 Å². The van der Waals surface area contributed by atoms with E-state index >= 15 is 0 Å². The van der Waals surface area contributed by atoms with Crippen molar-refractivity contribution in [2.45, 2.75) is 31.8 Å². The van der Waals surface area contributed by atoms with Crippen molar-refractivity contribution in [2.24, 2.45) is 0 Å². The van der Waals surface area contributed by atoms with Crippen LogP contribution in [0.4, 0.5) is 0 Å². The summed E-state index contributed by atoms with van der Waals surface area (Å²) in [4.78, 5) is 2.50. The molecule has 0 saturated heterocycles. The van der Waals surface area contributed by atoms with Crippen LogP contribution in [0.3, 0.4) is 0 Å². The number of thiophene rings is 1. The van der Waals surface area contributed by atoms with E-state index in [1.165, 1.54) is 4.88 Å². The zero-order valence-electron chi connectivity index (χ0n) is 12.4. The van der Waals surface area contributed by atoms with Gasteiger partial charge in [-0.2, -0.15) is 0 Å². The third kappa shape index (κ3) is 4.14. The molecule has 1 aromatic carbocycles. The van der Waals surface area contributed by atoms with Gasteiger partial charge in [-0.1, -0.05) is 6.07 Å². The molecule has 0 aliphatic carbocycles. The highest BCUT2D eigenvalue weighted by Gasteiger charge is 2.15. The molecule has 1 heterocycles. The molecule has 114 valence electrons. The lowest BCUT2D eigenvalue weighted by Crippen LogP contribution is -2.23. The molecule has 0 unspecified atom stereocenters. The third-order valence-electron chi connectivity index (χ3n) is 3.23. The van der Waals surface area contributed by atoms with Gasteiger partial charge in [0.2, 0.25) is 10.0 Å². The average Bonchev–Trinajstić information content (AvgIpc) is 2.85. The van der Waals surface area contributed by atoms with Crippen molar-refractivity contribution >= 4 is 21.4 Å². The summed E-state index contributed by atoms with van der Waals surface area (Å²) in [6, 6.07) is 9.16. The van der Waals surface area contributed by atoms with Gasteiger partial charge in [0.15, 0.2) is 0 Å². The maximum Gasteiger partial charge on any atom is 0.240 e. The summed E-state index contributed by atoms with van der Waals surface area (Å²) in [6.45, 7) is 4.97. The van der Waals surface area contributed by atoms with Crippen molar-refractivity contribution in [3.05, 3.63) is 51.2 Å². The largest absolute Gasteiger partial charge is 0.316 e. The predicted molar refractivity (Wildman–Crippen MR) is 87.0 cm³/mol. The molecule has 21 heavy (non-hydrogen) atoms. The number of aryl methyl sites for hydroxylation is 2. The van der Waals surface area contributed by atoms with E-state index in [1.807, 2.05) is 39.1 Å². The minimum absolute atomic E-state index is 0.312. The van der Waals surface area contributed by atoms with Crippen LogP contribution < -0.4 is 10.0 Å². The Morgan fingerprint density at radius 3 is 2.48 bits per heavy atom. The van der Waals surface area contributed by atoms with Gasteiger partial charge < -0.3 is 5.32 Å². The van der Waals surface area contributed by atoms with E-state index in [9.17, 15) is 8.42 Å². The van der Waals surface area contributed by atoms with Gasteiger partial charge in [0.1, 0.15) is 0 Å². The first-order valence-corrected chi connectivity index (χ1v) is 9.01. The summed E-state index contributed by atoms with van der Waals surface area (Å²) in [6.07, 6.45) is 0. The summed E-state index contributed by atoms with van der Waals surface area (Å²) in [5, 5.41) is 3.05. The van der Waals surface area contributed by atoms with Gasteiger partial charge in [-0.05, 0) is 56.3 Å². The minimum Gasteiger partial charge on any atom is -0.316 e. The molecule has 0 bridgehead atoms. The number of hydrogen-bond donors (Lipinski definition) is 2. The van der Waals surface area contributed by atoms with E-state index in [2.05, 4.69) is 10.0 Å². The number of nitrogens with one attached hydrogen (secondary N) is 2. The van der Waals surface area contributed by atoms with E-state index in [0.29, 0.717) is 18.0 Å². The third-order valence-corrected chi connectivity index (χ3v) is 5.63. The van der Waals surface area contributed by atoms with Crippen LogP contribution in [0.2, 0.25) is 0 Å². The Morgan fingerprint density at radius 2 is 1.86 bits per heavy atom. The highest BCUT2D eigenvalue weighted by molar-refractivity contribution is 7.89. The Hall–Kier alpha value is -1.21. The van der Waals surface area contributed by atoms with Crippen molar-refractivity contribution in [1.29, 1.82) is 0 Å². The van der Waals surface area contributed by atoms with Gasteiger partial charge in [0.05, 0.1) is 4.90 Å². The molecule has 6 heteroatoms. The fourth-order valence-corrected chi connectivity index (χ4v) is 4.00. The molecule has 0 saturated carbocycles. The van der Waals surface area contributed by atoms with E-state index < -0.39 is 10.0 Å². The maximum atomic E-state index is 12.4. The molecule has 2 aromatic rings. The maximum absolute atomic E-state index is 12.4. The van der Waals surface area contributed by atoms with Gasteiger partial charge in [-0.15, -0.1) is 11.3 Å². The molecule has 0 atom stereocenters. The number of sulfonamides is 1. The lowest BCUT2D eigenvalue weighted by molar-refractivity contribution is 0.581. The summed E-state index contributed by atoms with van der Waals surface area (Å²) >= 11 is 1.60. The van der Waals surface area contributed by atoms with Crippen molar-refractivity contribution in [2.75, 3.05) is 7.05 Å². The Morgan fingerprint density at radius 1 is 1.10 bits per heavy atom. The summed E-state index contributed by atoms with van der Waals surface area (Å²) < 4.78 is 27.4. The fourth-order valence-electron chi connectivity index (χ4n) is 2.03. The Kier molecular flexibility index (Phi) is 5.16. The molecule has 0 aliphatic heterocycles. The second-order valence-electron chi connectivity index (χ2n) is 4.96. The normalized spacial score (nSPS) is 11.8.